The number of ether oxygens (including phenoxy) is 1. The molecule has 3 heterocycles. The lowest BCUT2D eigenvalue weighted by molar-refractivity contribution is 0.122. The van der Waals surface area contributed by atoms with Gasteiger partial charge in [-0.15, -0.1) is 0 Å². The number of aromatic nitrogens is 3. The first-order chi connectivity index (χ1) is 13.2. The maximum absolute atomic E-state index is 14.4. The molecule has 1 fully saturated rings. The first kappa shape index (κ1) is 17.2. The van der Waals surface area contributed by atoms with Crippen molar-refractivity contribution in [2.75, 3.05) is 36.5 Å². The Kier molecular flexibility index (Phi) is 4.80. The van der Waals surface area contributed by atoms with Gasteiger partial charge in [-0.2, -0.15) is 4.98 Å². The molecular formula is C19H18FN5O2. The Bertz CT molecular complexity index is 933. The smallest absolute Gasteiger partial charge is 0.228 e. The topological polar surface area (TPSA) is 83.4 Å². The summed E-state index contributed by atoms with van der Waals surface area (Å²) in [5.74, 6) is -0.139. The Labute approximate surface area is 155 Å². The van der Waals surface area contributed by atoms with Gasteiger partial charge >= 0.3 is 0 Å². The van der Waals surface area contributed by atoms with Crippen molar-refractivity contribution in [1.29, 1.82) is 0 Å². The molecule has 1 aromatic carbocycles. The van der Waals surface area contributed by atoms with Gasteiger partial charge in [0, 0.05) is 30.9 Å². The van der Waals surface area contributed by atoms with Gasteiger partial charge in [0.2, 0.25) is 5.95 Å². The minimum Gasteiger partial charge on any atom is -0.505 e. The Hall–Kier alpha value is -3.26. The number of hydrogen-bond donors (Lipinski definition) is 2. The fourth-order valence-corrected chi connectivity index (χ4v) is 2.84. The average molecular weight is 367 g/mol. The molecule has 8 heteroatoms. The lowest BCUT2D eigenvalue weighted by atomic mass is 10.1. The SMILES string of the molecule is Oc1cccc(-c2cc(Nc3cccnc3)nc(N3CCOCC3)n2)c1F. The number of aromatic hydroxyl groups is 1. The highest BCUT2D eigenvalue weighted by molar-refractivity contribution is 5.69. The van der Waals surface area contributed by atoms with E-state index in [2.05, 4.69) is 20.3 Å². The Morgan fingerprint density at radius 3 is 2.74 bits per heavy atom. The number of benzene rings is 1. The van der Waals surface area contributed by atoms with Gasteiger partial charge < -0.3 is 20.1 Å². The Morgan fingerprint density at radius 2 is 1.96 bits per heavy atom. The van der Waals surface area contributed by atoms with Crippen molar-refractivity contribution < 1.29 is 14.2 Å². The van der Waals surface area contributed by atoms with Gasteiger partial charge in [0.15, 0.2) is 11.6 Å². The highest BCUT2D eigenvalue weighted by Gasteiger charge is 2.18. The Morgan fingerprint density at radius 1 is 1.11 bits per heavy atom. The van der Waals surface area contributed by atoms with Crippen LogP contribution in [0.4, 0.5) is 21.8 Å². The molecule has 2 aromatic heterocycles. The van der Waals surface area contributed by atoms with Crippen LogP contribution >= 0.6 is 0 Å². The first-order valence-electron chi connectivity index (χ1n) is 8.57. The minimum absolute atomic E-state index is 0.209. The second-order valence-corrected chi connectivity index (χ2v) is 6.04. The zero-order chi connectivity index (χ0) is 18.6. The third-order valence-corrected chi connectivity index (χ3v) is 4.20. The molecular weight excluding hydrogens is 349 g/mol. The summed E-state index contributed by atoms with van der Waals surface area (Å²) in [6.07, 6.45) is 3.35. The highest BCUT2D eigenvalue weighted by atomic mass is 19.1. The molecule has 1 saturated heterocycles. The molecule has 0 radical (unpaired) electrons. The van der Waals surface area contributed by atoms with Gasteiger partial charge in [-0.3, -0.25) is 4.98 Å². The fraction of sp³-hybridized carbons (Fsp3) is 0.211. The van der Waals surface area contributed by atoms with Crippen LogP contribution in [0.25, 0.3) is 11.3 Å². The van der Waals surface area contributed by atoms with Crippen molar-refractivity contribution in [3.63, 3.8) is 0 Å². The number of hydrogen-bond acceptors (Lipinski definition) is 7. The van der Waals surface area contributed by atoms with Crippen molar-refractivity contribution in [1.82, 2.24) is 15.0 Å². The normalized spacial score (nSPS) is 14.2. The number of rotatable bonds is 4. The van der Waals surface area contributed by atoms with Crippen LogP contribution in [0.5, 0.6) is 5.75 Å². The minimum atomic E-state index is -0.712. The predicted molar refractivity (Wildman–Crippen MR) is 99.6 cm³/mol. The van der Waals surface area contributed by atoms with Crippen LogP contribution in [0.3, 0.4) is 0 Å². The molecule has 3 aromatic rings. The van der Waals surface area contributed by atoms with Crippen LogP contribution in [-0.2, 0) is 4.74 Å². The third kappa shape index (κ3) is 3.80. The van der Waals surface area contributed by atoms with Crippen LogP contribution in [0, 0.1) is 5.82 Å². The molecule has 0 unspecified atom stereocenters. The number of pyridine rings is 1. The summed E-state index contributed by atoms with van der Waals surface area (Å²) in [4.78, 5) is 15.2. The number of anilines is 3. The van der Waals surface area contributed by atoms with Crippen molar-refractivity contribution in [2.24, 2.45) is 0 Å². The molecule has 0 bridgehead atoms. The molecule has 27 heavy (non-hydrogen) atoms. The molecule has 2 N–H and O–H groups in total. The third-order valence-electron chi connectivity index (χ3n) is 4.20. The maximum Gasteiger partial charge on any atom is 0.228 e. The number of morpholine rings is 1. The van der Waals surface area contributed by atoms with E-state index in [1.54, 1.807) is 30.6 Å². The number of nitrogens with one attached hydrogen (secondary N) is 1. The van der Waals surface area contributed by atoms with Crippen molar-refractivity contribution in [2.45, 2.75) is 0 Å². The zero-order valence-electron chi connectivity index (χ0n) is 14.5. The van der Waals surface area contributed by atoms with Crippen LogP contribution < -0.4 is 10.2 Å². The number of halogens is 1. The number of phenolic OH excluding ortho intramolecular Hbond substituents is 1. The van der Waals surface area contributed by atoms with Crippen LogP contribution in [0.2, 0.25) is 0 Å². The second kappa shape index (κ2) is 7.55. The number of nitrogens with zero attached hydrogens (tertiary/aromatic N) is 4. The van der Waals surface area contributed by atoms with Crippen LogP contribution in [-0.4, -0.2) is 46.4 Å². The molecule has 1 aliphatic heterocycles. The summed E-state index contributed by atoms with van der Waals surface area (Å²) in [6.45, 7) is 2.47. The number of phenols is 1. The largest absolute Gasteiger partial charge is 0.505 e. The summed E-state index contributed by atoms with van der Waals surface area (Å²) in [6, 6.07) is 9.78. The van der Waals surface area contributed by atoms with Crippen LogP contribution in [0.15, 0.2) is 48.8 Å². The van der Waals surface area contributed by atoms with Gasteiger partial charge in [0.1, 0.15) is 5.82 Å². The van der Waals surface area contributed by atoms with E-state index in [1.807, 2.05) is 17.0 Å². The second-order valence-electron chi connectivity index (χ2n) is 6.04. The zero-order valence-corrected chi connectivity index (χ0v) is 14.5. The quantitative estimate of drug-likeness (QED) is 0.733. The standard InChI is InChI=1S/C19H18FN5O2/c20-18-14(4-1-5-16(18)26)15-11-17(22-13-3-2-6-21-12-13)24-19(23-15)25-7-9-27-10-8-25/h1-6,11-12,26H,7-10H2,(H,22,23,24). The predicted octanol–water partition coefficient (Wildman–Crippen LogP) is 2.96. The van der Waals surface area contributed by atoms with Crippen molar-refractivity contribution in [3.8, 4) is 17.0 Å². The summed E-state index contributed by atoms with van der Waals surface area (Å²) in [7, 11) is 0. The molecule has 7 nitrogen and oxygen atoms in total. The molecule has 0 spiro atoms. The van der Waals surface area contributed by atoms with Crippen LogP contribution in [0.1, 0.15) is 0 Å². The van der Waals surface area contributed by atoms with E-state index in [9.17, 15) is 9.50 Å². The lowest BCUT2D eigenvalue weighted by Gasteiger charge is -2.27. The molecule has 0 aliphatic carbocycles. The van der Waals surface area contributed by atoms with Gasteiger partial charge in [0.25, 0.3) is 0 Å². The van der Waals surface area contributed by atoms with Gasteiger partial charge in [0.05, 0.1) is 30.8 Å². The highest BCUT2D eigenvalue weighted by Crippen LogP contribution is 2.30. The maximum atomic E-state index is 14.4. The van der Waals surface area contributed by atoms with E-state index in [0.717, 1.165) is 5.69 Å². The van der Waals surface area contributed by atoms with Gasteiger partial charge in [-0.05, 0) is 24.3 Å². The van der Waals surface area contributed by atoms with Gasteiger partial charge in [-0.25, -0.2) is 9.37 Å². The molecule has 4 rings (SSSR count). The van der Waals surface area contributed by atoms with E-state index in [-0.39, 0.29) is 5.56 Å². The summed E-state index contributed by atoms with van der Waals surface area (Å²) >= 11 is 0. The molecule has 0 atom stereocenters. The fourth-order valence-electron chi connectivity index (χ4n) is 2.84. The molecule has 0 amide bonds. The summed E-state index contributed by atoms with van der Waals surface area (Å²) in [5, 5.41) is 12.9. The van der Waals surface area contributed by atoms with E-state index >= 15 is 0 Å². The van der Waals surface area contributed by atoms with Crippen molar-refractivity contribution >= 4 is 17.5 Å². The molecule has 138 valence electrons. The van der Waals surface area contributed by atoms with Crippen molar-refractivity contribution in [3.05, 3.63) is 54.6 Å². The summed E-state index contributed by atoms with van der Waals surface area (Å²) in [5.41, 5.74) is 1.35. The average Bonchev–Trinajstić information content (AvgIpc) is 2.71. The van der Waals surface area contributed by atoms with E-state index in [1.165, 1.54) is 6.07 Å². The Balaban J connectivity index is 1.77. The molecule has 0 saturated carbocycles. The first-order valence-corrected chi connectivity index (χ1v) is 8.57. The molecule has 1 aliphatic rings. The summed E-state index contributed by atoms with van der Waals surface area (Å²) < 4.78 is 19.8. The monoisotopic (exact) mass is 367 g/mol. The van der Waals surface area contributed by atoms with E-state index < -0.39 is 11.6 Å². The van der Waals surface area contributed by atoms with Gasteiger partial charge in [-0.1, -0.05) is 6.07 Å². The van der Waals surface area contributed by atoms with E-state index in [4.69, 9.17) is 4.74 Å². The van der Waals surface area contributed by atoms with E-state index in [0.29, 0.717) is 43.8 Å². The lowest BCUT2D eigenvalue weighted by Crippen LogP contribution is -2.37.